The van der Waals surface area contributed by atoms with Gasteiger partial charge in [0.2, 0.25) is 12.2 Å². The van der Waals surface area contributed by atoms with Crippen LogP contribution in [-0.2, 0) is 110 Å². The van der Waals surface area contributed by atoms with E-state index in [2.05, 4.69) is 17.2 Å². The van der Waals surface area contributed by atoms with Crippen molar-refractivity contribution in [2.75, 3.05) is 13.2 Å². The van der Waals surface area contributed by atoms with Crippen molar-refractivity contribution in [1.82, 2.24) is 10.6 Å². The van der Waals surface area contributed by atoms with Crippen molar-refractivity contribution >= 4 is 89.4 Å². The zero-order valence-corrected chi connectivity index (χ0v) is 78.7. The number of esters is 10. The first kappa shape index (κ1) is 102. The summed E-state index contributed by atoms with van der Waals surface area (Å²) in [4.78, 5) is 209. The number of aliphatic hydroxyl groups is 4. The molecule has 6 aromatic carbocycles. The Morgan fingerprint density at radius 2 is 0.768 bits per heavy atom. The molecule has 2 saturated heterocycles. The Kier molecular flexibility index (Phi) is 30.6. The Bertz CT molecular complexity index is 5360. The van der Waals surface area contributed by atoms with Gasteiger partial charge < -0.3 is 92.7 Å². The molecule has 4 saturated carbocycles. The van der Waals surface area contributed by atoms with Crippen LogP contribution in [0.2, 0.25) is 0 Å². The van der Waals surface area contributed by atoms with Crippen LogP contribution in [0.5, 0.6) is 0 Å². The fourth-order valence-corrected chi connectivity index (χ4v) is 21.7. The van der Waals surface area contributed by atoms with Crippen LogP contribution in [0.4, 0.5) is 0 Å². The van der Waals surface area contributed by atoms with E-state index in [4.69, 9.17) is 56.8 Å². The number of carbonyl (C=O) groups is 15. The fraction of sp³-hybridized carbons (Fsp3) is 0.457. The topological polar surface area (TPSA) is 472 Å². The smallest absolute Gasteiger partial charge is 0.350 e. The molecular formula is C105H116N2O31. The number of aliphatic hydroxyl groups excluding tert-OH is 2. The van der Waals surface area contributed by atoms with Crippen LogP contribution < -0.4 is 10.6 Å². The second kappa shape index (κ2) is 41.3. The molecule has 138 heavy (non-hydrogen) atoms. The number of hydrogen-bond acceptors (Lipinski definition) is 31. The predicted molar refractivity (Wildman–Crippen MR) is 487 cm³/mol. The molecule has 2 aliphatic heterocycles. The number of Topliss-reactive ketones (excluding diaryl/α,β-unsaturated/α-hetero) is 2. The molecule has 2 heterocycles. The quantitative estimate of drug-likeness (QED) is 0.00802. The fourth-order valence-electron chi connectivity index (χ4n) is 21.7. The maximum Gasteiger partial charge on any atom is 0.350 e. The Hall–Kier alpha value is -13.1. The third kappa shape index (κ3) is 19.4. The van der Waals surface area contributed by atoms with E-state index in [0.717, 1.165) is 27.7 Å². The number of carbonyl (C=O) groups excluding carboxylic acids is 15. The molecule has 6 N–H and O–H groups in total. The first-order chi connectivity index (χ1) is 65.4. The second-order valence-corrected chi connectivity index (χ2v) is 37.9. The van der Waals surface area contributed by atoms with Gasteiger partial charge in [-0.05, 0) is 129 Å². The highest BCUT2D eigenvalue weighted by Gasteiger charge is 2.81. The van der Waals surface area contributed by atoms with Crippen molar-refractivity contribution in [3.05, 3.63) is 250 Å². The lowest BCUT2D eigenvalue weighted by Gasteiger charge is -2.67. The minimum Gasteiger partial charge on any atom is -0.455 e. The number of unbranched alkanes of at least 4 members (excludes halogenated alkanes) is 2. The van der Waals surface area contributed by atoms with E-state index in [1.54, 1.807) is 191 Å². The zero-order valence-electron chi connectivity index (χ0n) is 78.7. The maximum atomic E-state index is 15.7. The number of allylic oxidation sites excluding steroid dienone is 1. The van der Waals surface area contributed by atoms with Gasteiger partial charge in [-0.25, -0.2) is 19.2 Å². The van der Waals surface area contributed by atoms with E-state index in [1.165, 1.54) is 52.0 Å². The van der Waals surface area contributed by atoms with Crippen molar-refractivity contribution in [1.29, 1.82) is 0 Å². The predicted octanol–water partition coefficient (Wildman–Crippen LogP) is 10.3. The van der Waals surface area contributed by atoms with Crippen molar-refractivity contribution in [3.8, 4) is 0 Å². The van der Waals surface area contributed by atoms with Crippen LogP contribution in [0.15, 0.2) is 217 Å². The molecule has 8 aliphatic rings. The number of benzene rings is 6. The summed E-state index contributed by atoms with van der Waals surface area (Å²) in [6.45, 7) is 19.5. The summed E-state index contributed by atoms with van der Waals surface area (Å²) in [7, 11) is 0. The Morgan fingerprint density at radius 1 is 0.449 bits per heavy atom. The number of nitrogens with one attached hydrogen (secondary N) is 2. The summed E-state index contributed by atoms with van der Waals surface area (Å²) in [5, 5.41) is 57.8. The van der Waals surface area contributed by atoms with E-state index < -0.39 is 237 Å². The second-order valence-electron chi connectivity index (χ2n) is 37.9. The van der Waals surface area contributed by atoms with E-state index >= 15 is 19.2 Å². The summed E-state index contributed by atoms with van der Waals surface area (Å²) in [6, 6.07) is 45.6. The molecule has 33 heteroatoms. The van der Waals surface area contributed by atoms with Gasteiger partial charge in [-0.3, -0.25) is 47.9 Å². The molecular weight excluding hydrogens is 1790 g/mol. The Labute approximate surface area is 797 Å². The molecule has 6 fully saturated rings. The monoisotopic (exact) mass is 1900 g/mol. The van der Waals surface area contributed by atoms with Gasteiger partial charge in [0.15, 0.2) is 35.0 Å². The van der Waals surface area contributed by atoms with Crippen molar-refractivity contribution in [3.63, 3.8) is 0 Å². The Balaban J connectivity index is 0.000000233. The lowest BCUT2D eigenvalue weighted by molar-refractivity contribution is -0.346. The third-order valence-electron chi connectivity index (χ3n) is 28.9. The van der Waals surface area contributed by atoms with Crippen molar-refractivity contribution in [2.24, 2.45) is 33.5 Å². The van der Waals surface area contributed by atoms with Crippen molar-refractivity contribution in [2.45, 2.75) is 255 Å². The standard InChI is InChI=1S/C53H59NO15.C52H57NO16/c1-8-9-13-26-39(58)67-43(41(33-20-14-10-15-21-33)54-47(60)34-22-16-11-17-23-34)49(62)66-36-28-53(63)46(68-48(61)35-24-18-12-19-25-35)44-51(7,37(57)27-38-52(44,29-64-38)69-32(4)56)45(59)42(65-31(3)55)40(30(36)2)50(53,5)6;1-29-35(66-48(62)42(67-38(58)24-16-17-25-54)40(32-18-10-7-11-19-32)53-46(60)33-20-12-8-13-21-33)27-52(63)45(68-47(61)34-22-14-9-15-23-34)43-50(6,36(57)26-37-51(43,28-64-37)69-31(3)56)44(59)41(65-30(2)55)39(29)49(52,4)5/h8,10-12,14-25,36-38,41-44,46,57,63H,1,9,13,26-29H2,2-7H3,(H,54,60);7-15,18-23,25,35-37,40-43,45,57,63H,16-17,24,26-28H2,1-6H3,(H,53,60)/t36-,37-,38+,41-,42+,43+,44-,46-,51+,52-,53+;35-,36-,37+,40-,41+,42+,43-,45-,50+,51-,52+/m00/s1. The van der Waals surface area contributed by atoms with E-state index in [9.17, 15) is 73.2 Å². The van der Waals surface area contributed by atoms with Crippen LogP contribution in [0.1, 0.15) is 212 Å². The number of ether oxygens (including phenoxy) is 12. The largest absolute Gasteiger partial charge is 0.455 e. The van der Waals surface area contributed by atoms with Crippen molar-refractivity contribution < 1.29 is 149 Å². The zero-order chi connectivity index (χ0) is 100. The minimum atomic E-state index is -2.46. The summed E-state index contributed by atoms with van der Waals surface area (Å²) in [6.07, 6.45) is -18.6. The van der Waals surface area contributed by atoms with Gasteiger partial charge in [0, 0.05) is 94.6 Å². The van der Waals surface area contributed by atoms with Crippen LogP contribution in [0.25, 0.3) is 0 Å². The number of rotatable bonds is 30. The molecule has 2 amide bonds. The molecule has 0 spiro atoms. The molecule has 6 aliphatic carbocycles. The molecule has 0 aromatic heterocycles. The number of hydrogen-bond donors (Lipinski definition) is 6. The molecule has 14 rings (SSSR count). The SMILES string of the molecule is C=CCCCC(=O)O[C@@H](C(=O)O[C@H]1C[C@@]2(O)[C@@H](OC(=O)c3ccccc3)[C@@H]3[C@]4(OC(C)=O)CO[C@@H]4C[C@H](O)[C@@]3(C)C(=O)[C@H](OC(C)=O)C(=C1C)C2(C)C)[C@@H](NC(=O)c1ccccc1)c1ccccc1.CC(=O)O[C@H]1C(=O)[C@@]2(C)[C@H]([C@H](OC(=O)c3ccccc3)[C@]3(O)C[C@H](OC(=O)[C@H](OC(=O)CCCC=O)[C@@H](NC(=O)c4ccccc4)c4ccccc4)C(C)=C1C3(C)C)[C@]1(OC(C)=O)CO[C@@H]1C[C@@H]2O. The minimum absolute atomic E-state index is 0.0151. The lowest BCUT2D eigenvalue weighted by Crippen LogP contribution is -2.82. The normalized spacial score (nSPS) is 29.7. The summed E-state index contributed by atoms with van der Waals surface area (Å²) in [5.41, 5.74) is -14.7. The van der Waals surface area contributed by atoms with E-state index in [-0.39, 0.29) is 96.3 Å². The molecule has 22 atom stereocenters. The first-order valence-electron chi connectivity index (χ1n) is 45.9. The molecule has 732 valence electrons. The Morgan fingerprint density at radius 3 is 1.07 bits per heavy atom. The van der Waals surface area contributed by atoms with Crippen LogP contribution in [-0.4, -0.2) is 219 Å². The highest BCUT2D eigenvalue weighted by atomic mass is 16.7. The van der Waals surface area contributed by atoms with E-state index in [0.29, 0.717) is 30.3 Å². The highest BCUT2D eigenvalue weighted by Crippen LogP contribution is 2.67. The van der Waals surface area contributed by atoms with Gasteiger partial charge in [0.1, 0.15) is 66.2 Å². The average molecular weight is 1900 g/mol. The van der Waals surface area contributed by atoms with Crippen LogP contribution >= 0.6 is 0 Å². The first-order valence-corrected chi connectivity index (χ1v) is 45.9. The molecule has 0 radical (unpaired) electrons. The summed E-state index contributed by atoms with van der Waals surface area (Å²) < 4.78 is 73.3. The molecule has 4 bridgehead atoms. The molecule has 33 nitrogen and oxygen atoms in total. The number of aldehydes is 1. The number of ketones is 2. The van der Waals surface area contributed by atoms with Gasteiger partial charge in [0.25, 0.3) is 11.8 Å². The van der Waals surface area contributed by atoms with Gasteiger partial charge >= 0.3 is 59.7 Å². The molecule has 0 unspecified atom stereocenters. The van der Waals surface area contributed by atoms with E-state index in [1.807, 2.05) is 0 Å². The van der Waals surface area contributed by atoms with Crippen LogP contribution in [0.3, 0.4) is 0 Å². The third-order valence-corrected chi connectivity index (χ3v) is 28.9. The number of amides is 2. The van der Waals surface area contributed by atoms with Gasteiger partial charge in [-0.1, -0.05) is 167 Å². The highest BCUT2D eigenvalue weighted by molar-refractivity contribution is 5.99. The number of fused-ring (bicyclic) bond motifs is 10. The van der Waals surface area contributed by atoms with Crippen LogP contribution in [0, 0.1) is 33.5 Å². The summed E-state index contributed by atoms with van der Waals surface area (Å²) in [5.74, 6) is -15.7. The molecule has 6 aromatic rings. The summed E-state index contributed by atoms with van der Waals surface area (Å²) >= 11 is 0. The van der Waals surface area contributed by atoms with Gasteiger partial charge in [-0.15, -0.1) is 6.58 Å². The maximum absolute atomic E-state index is 15.7. The van der Waals surface area contributed by atoms with Gasteiger partial charge in [-0.2, -0.15) is 0 Å². The van der Waals surface area contributed by atoms with Gasteiger partial charge in [0.05, 0.1) is 59.2 Å². The average Bonchev–Trinajstić information content (AvgIpc) is 0.670. The lowest BCUT2D eigenvalue weighted by atomic mass is 9.44.